The SMILES string of the molecule is CC(=O)N1CCc2c(c(-c3ncc(C)o3)nn2Cc2ccccc2)C1. The molecule has 0 bridgehead atoms. The Morgan fingerprint density at radius 2 is 2.08 bits per heavy atom. The van der Waals surface area contributed by atoms with Gasteiger partial charge in [-0.05, 0) is 12.5 Å². The molecule has 128 valence electrons. The Hall–Kier alpha value is -2.89. The van der Waals surface area contributed by atoms with Crippen LogP contribution in [0, 0.1) is 6.92 Å². The van der Waals surface area contributed by atoms with Crippen molar-refractivity contribution in [1.82, 2.24) is 19.7 Å². The molecule has 4 rings (SSSR count). The van der Waals surface area contributed by atoms with Crippen molar-refractivity contribution in [3.8, 4) is 11.6 Å². The highest BCUT2D eigenvalue weighted by molar-refractivity contribution is 5.74. The van der Waals surface area contributed by atoms with E-state index in [1.165, 1.54) is 5.56 Å². The molecule has 25 heavy (non-hydrogen) atoms. The maximum Gasteiger partial charge on any atom is 0.247 e. The van der Waals surface area contributed by atoms with Gasteiger partial charge in [0.25, 0.3) is 0 Å². The molecule has 0 unspecified atom stereocenters. The van der Waals surface area contributed by atoms with Gasteiger partial charge in [-0.2, -0.15) is 5.10 Å². The largest absolute Gasteiger partial charge is 0.440 e. The molecule has 0 N–H and O–H groups in total. The van der Waals surface area contributed by atoms with Crippen molar-refractivity contribution in [2.75, 3.05) is 6.54 Å². The van der Waals surface area contributed by atoms with Crippen LogP contribution in [0.2, 0.25) is 0 Å². The summed E-state index contributed by atoms with van der Waals surface area (Å²) in [6.07, 6.45) is 2.48. The first-order valence-electron chi connectivity index (χ1n) is 8.42. The maximum absolute atomic E-state index is 11.8. The second-order valence-electron chi connectivity index (χ2n) is 6.38. The number of carbonyl (C=O) groups is 1. The van der Waals surface area contributed by atoms with Gasteiger partial charge >= 0.3 is 0 Å². The summed E-state index contributed by atoms with van der Waals surface area (Å²) in [5.74, 6) is 1.35. The molecule has 2 aromatic heterocycles. The number of aromatic nitrogens is 3. The first kappa shape index (κ1) is 15.6. The lowest BCUT2D eigenvalue weighted by Gasteiger charge is -2.26. The zero-order chi connectivity index (χ0) is 17.4. The molecular formula is C19H20N4O2. The van der Waals surface area contributed by atoms with Crippen LogP contribution < -0.4 is 0 Å². The summed E-state index contributed by atoms with van der Waals surface area (Å²) in [5, 5.41) is 4.79. The summed E-state index contributed by atoms with van der Waals surface area (Å²) in [6, 6.07) is 10.2. The molecule has 0 fully saturated rings. The quantitative estimate of drug-likeness (QED) is 0.738. The third kappa shape index (κ3) is 2.95. The van der Waals surface area contributed by atoms with Crippen molar-refractivity contribution in [3.63, 3.8) is 0 Å². The second-order valence-corrected chi connectivity index (χ2v) is 6.38. The summed E-state index contributed by atoms with van der Waals surface area (Å²) in [6.45, 7) is 5.44. The van der Waals surface area contributed by atoms with Crippen LogP contribution in [0.4, 0.5) is 0 Å². The Kier molecular flexibility index (Phi) is 3.87. The number of amides is 1. The van der Waals surface area contributed by atoms with Gasteiger partial charge in [0.05, 0.1) is 12.7 Å². The van der Waals surface area contributed by atoms with Crippen molar-refractivity contribution in [2.45, 2.75) is 33.4 Å². The topological polar surface area (TPSA) is 64.2 Å². The van der Waals surface area contributed by atoms with E-state index in [0.29, 0.717) is 25.5 Å². The number of hydrogen-bond donors (Lipinski definition) is 0. The van der Waals surface area contributed by atoms with Crippen molar-refractivity contribution in [1.29, 1.82) is 0 Å². The molecule has 0 saturated heterocycles. The highest BCUT2D eigenvalue weighted by atomic mass is 16.4. The van der Waals surface area contributed by atoms with E-state index >= 15 is 0 Å². The molecule has 0 saturated carbocycles. The summed E-state index contributed by atoms with van der Waals surface area (Å²) < 4.78 is 7.73. The average Bonchev–Trinajstić information content (AvgIpc) is 3.19. The first-order chi connectivity index (χ1) is 12.1. The minimum Gasteiger partial charge on any atom is -0.440 e. The van der Waals surface area contributed by atoms with Crippen molar-refractivity contribution in [3.05, 3.63) is 59.1 Å². The average molecular weight is 336 g/mol. The number of rotatable bonds is 3. The standard InChI is InChI=1S/C19H20N4O2/c1-13-10-20-19(25-13)18-16-12-22(14(2)24)9-8-17(16)23(21-18)11-15-6-4-3-5-7-15/h3-7,10H,8-9,11-12H2,1-2H3. The van der Waals surface area contributed by atoms with Gasteiger partial charge in [-0.3, -0.25) is 9.48 Å². The lowest BCUT2D eigenvalue weighted by atomic mass is 10.0. The van der Waals surface area contributed by atoms with E-state index in [0.717, 1.165) is 29.1 Å². The minimum absolute atomic E-state index is 0.0796. The Labute approximate surface area is 146 Å². The van der Waals surface area contributed by atoms with Gasteiger partial charge in [0.1, 0.15) is 5.76 Å². The number of aryl methyl sites for hydroxylation is 1. The van der Waals surface area contributed by atoms with Crippen LogP contribution in [0.25, 0.3) is 11.6 Å². The maximum atomic E-state index is 11.8. The number of carbonyl (C=O) groups excluding carboxylic acids is 1. The fourth-order valence-corrected chi connectivity index (χ4v) is 3.28. The Bertz CT molecular complexity index is 911. The first-order valence-corrected chi connectivity index (χ1v) is 8.42. The number of benzene rings is 1. The molecular weight excluding hydrogens is 316 g/mol. The van der Waals surface area contributed by atoms with Gasteiger partial charge in [0.2, 0.25) is 11.8 Å². The smallest absolute Gasteiger partial charge is 0.247 e. The van der Waals surface area contributed by atoms with E-state index in [1.807, 2.05) is 34.7 Å². The van der Waals surface area contributed by atoms with E-state index in [4.69, 9.17) is 9.52 Å². The highest BCUT2D eigenvalue weighted by Gasteiger charge is 2.28. The van der Waals surface area contributed by atoms with Crippen molar-refractivity contribution < 1.29 is 9.21 Å². The normalized spacial score (nSPS) is 13.8. The van der Waals surface area contributed by atoms with Gasteiger partial charge in [0, 0.05) is 37.7 Å². The van der Waals surface area contributed by atoms with Crippen LogP contribution in [-0.4, -0.2) is 32.1 Å². The van der Waals surface area contributed by atoms with Crippen LogP contribution in [0.3, 0.4) is 0 Å². The van der Waals surface area contributed by atoms with Crippen LogP contribution in [0.1, 0.15) is 29.5 Å². The lowest BCUT2D eigenvalue weighted by Crippen LogP contribution is -2.34. The lowest BCUT2D eigenvalue weighted by molar-refractivity contribution is -0.129. The van der Waals surface area contributed by atoms with Gasteiger partial charge in [-0.15, -0.1) is 0 Å². The number of hydrogen-bond acceptors (Lipinski definition) is 4. The number of oxazole rings is 1. The Morgan fingerprint density at radius 1 is 1.28 bits per heavy atom. The van der Waals surface area contributed by atoms with E-state index in [1.54, 1.807) is 13.1 Å². The number of fused-ring (bicyclic) bond motifs is 1. The van der Waals surface area contributed by atoms with Gasteiger partial charge in [0.15, 0.2) is 5.69 Å². The van der Waals surface area contributed by atoms with E-state index in [-0.39, 0.29) is 5.91 Å². The fourth-order valence-electron chi connectivity index (χ4n) is 3.28. The van der Waals surface area contributed by atoms with Gasteiger partial charge < -0.3 is 9.32 Å². The molecule has 0 radical (unpaired) electrons. The van der Waals surface area contributed by atoms with E-state index < -0.39 is 0 Å². The molecule has 0 atom stereocenters. The molecule has 1 amide bonds. The molecule has 3 aromatic rings. The van der Waals surface area contributed by atoms with Crippen LogP contribution in [0.15, 0.2) is 40.9 Å². The summed E-state index contributed by atoms with van der Waals surface area (Å²) in [4.78, 5) is 18.0. The zero-order valence-electron chi connectivity index (χ0n) is 14.4. The molecule has 1 aliphatic heterocycles. The minimum atomic E-state index is 0.0796. The van der Waals surface area contributed by atoms with Crippen molar-refractivity contribution >= 4 is 5.91 Å². The van der Waals surface area contributed by atoms with Crippen LogP contribution in [0.5, 0.6) is 0 Å². The van der Waals surface area contributed by atoms with Crippen LogP contribution in [-0.2, 0) is 24.3 Å². The molecule has 6 heteroatoms. The van der Waals surface area contributed by atoms with Gasteiger partial charge in [-0.1, -0.05) is 30.3 Å². The second kappa shape index (κ2) is 6.20. The Morgan fingerprint density at radius 3 is 2.76 bits per heavy atom. The third-order valence-corrected chi connectivity index (χ3v) is 4.58. The van der Waals surface area contributed by atoms with E-state index in [2.05, 4.69) is 17.1 Å². The fraction of sp³-hybridized carbons (Fsp3) is 0.316. The van der Waals surface area contributed by atoms with Crippen LogP contribution >= 0.6 is 0 Å². The molecule has 1 aliphatic rings. The molecule has 6 nitrogen and oxygen atoms in total. The molecule has 0 spiro atoms. The molecule has 3 heterocycles. The van der Waals surface area contributed by atoms with Crippen molar-refractivity contribution in [2.24, 2.45) is 0 Å². The summed E-state index contributed by atoms with van der Waals surface area (Å²) in [7, 11) is 0. The Balaban J connectivity index is 1.77. The summed E-state index contributed by atoms with van der Waals surface area (Å²) in [5.41, 5.74) is 4.13. The molecule has 0 aliphatic carbocycles. The van der Waals surface area contributed by atoms with Gasteiger partial charge in [-0.25, -0.2) is 4.98 Å². The third-order valence-electron chi connectivity index (χ3n) is 4.58. The monoisotopic (exact) mass is 336 g/mol. The number of nitrogens with zero attached hydrogens (tertiary/aromatic N) is 4. The zero-order valence-corrected chi connectivity index (χ0v) is 14.4. The highest BCUT2D eigenvalue weighted by Crippen LogP contribution is 2.30. The predicted molar refractivity (Wildman–Crippen MR) is 92.8 cm³/mol. The van der Waals surface area contributed by atoms with E-state index in [9.17, 15) is 4.79 Å². The summed E-state index contributed by atoms with van der Waals surface area (Å²) >= 11 is 0. The predicted octanol–water partition coefficient (Wildman–Crippen LogP) is 2.80. The molecule has 1 aromatic carbocycles.